The normalized spacial score (nSPS) is 21.4. The third-order valence-electron chi connectivity index (χ3n) is 3.70. The first-order chi connectivity index (χ1) is 10.4. The molecule has 118 valence electrons. The number of ether oxygens (including phenoxy) is 2. The predicted octanol–water partition coefficient (Wildman–Crippen LogP) is 1.76. The van der Waals surface area contributed by atoms with Crippen molar-refractivity contribution in [1.82, 2.24) is 10.3 Å². The van der Waals surface area contributed by atoms with E-state index in [1.54, 1.807) is 32.2 Å². The number of imide groups is 1. The highest BCUT2D eigenvalue weighted by Gasteiger charge is 2.46. The van der Waals surface area contributed by atoms with Crippen LogP contribution in [0.4, 0.5) is 4.79 Å². The number of hydrogen-bond acceptors (Lipinski definition) is 5. The van der Waals surface area contributed by atoms with Gasteiger partial charge in [0.15, 0.2) is 0 Å². The van der Waals surface area contributed by atoms with E-state index in [0.29, 0.717) is 23.5 Å². The van der Waals surface area contributed by atoms with Crippen LogP contribution in [0.5, 0.6) is 11.5 Å². The zero-order chi connectivity index (χ0) is 16.3. The molecule has 22 heavy (non-hydrogen) atoms. The molecule has 1 aliphatic heterocycles. The van der Waals surface area contributed by atoms with Crippen molar-refractivity contribution in [2.45, 2.75) is 25.8 Å². The minimum absolute atomic E-state index is 0.372. The first kappa shape index (κ1) is 15.8. The number of carbonyl (C=O) groups is 2. The number of amides is 3. The molecular weight excluding hydrogens is 286 g/mol. The maximum absolute atomic E-state index is 12.2. The van der Waals surface area contributed by atoms with Gasteiger partial charge in [0.25, 0.3) is 5.91 Å². The molecule has 1 aliphatic rings. The molecule has 1 unspecified atom stereocenters. The zero-order valence-electron chi connectivity index (χ0n) is 13.0. The monoisotopic (exact) mass is 305 g/mol. The summed E-state index contributed by atoms with van der Waals surface area (Å²) >= 11 is 0. The molecule has 2 rings (SSSR count). The molecule has 0 spiro atoms. The minimum atomic E-state index is -0.904. The van der Waals surface area contributed by atoms with Gasteiger partial charge in [0.1, 0.15) is 17.0 Å². The minimum Gasteiger partial charge on any atom is -0.497 e. The fraction of sp³-hybridized carbons (Fsp3) is 0.400. The number of hydrogen-bond donors (Lipinski definition) is 1. The second-order valence-corrected chi connectivity index (χ2v) is 5.09. The quantitative estimate of drug-likeness (QED) is 0.664. The number of nitrogens with zero attached hydrogens (tertiary/aromatic N) is 2. The molecule has 0 radical (unpaired) electrons. The molecule has 0 aliphatic carbocycles. The van der Waals surface area contributed by atoms with E-state index in [9.17, 15) is 9.59 Å². The fourth-order valence-corrected chi connectivity index (χ4v) is 2.06. The van der Waals surface area contributed by atoms with E-state index in [4.69, 9.17) is 9.47 Å². The third kappa shape index (κ3) is 2.74. The Morgan fingerprint density at radius 2 is 2.05 bits per heavy atom. The van der Waals surface area contributed by atoms with Crippen molar-refractivity contribution in [3.63, 3.8) is 0 Å². The molecule has 1 aromatic rings. The van der Waals surface area contributed by atoms with Crippen molar-refractivity contribution >= 4 is 18.2 Å². The summed E-state index contributed by atoms with van der Waals surface area (Å²) in [7, 11) is 3.08. The van der Waals surface area contributed by atoms with E-state index < -0.39 is 11.6 Å². The van der Waals surface area contributed by atoms with Gasteiger partial charge in [0, 0.05) is 11.6 Å². The summed E-state index contributed by atoms with van der Waals surface area (Å²) in [6.07, 6.45) is 1.91. The summed E-state index contributed by atoms with van der Waals surface area (Å²) in [5.74, 6) is 0.805. The molecular formula is C15H19N3O4. The number of carbonyl (C=O) groups excluding carboxylic acids is 2. The lowest BCUT2D eigenvalue weighted by Crippen LogP contribution is -2.42. The van der Waals surface area contributed by atoms with Crippen molar-refractivity contribution in [1.29, 1.82) is 0 Å². The van der Waals surface area contributed by atoms with Crippen LogP contribution in [-0.2, 0) is 4.79 Å². The molecule has 1 fully saturated rings. The first-order valence-corrected chi connectivity index (χ1v) is 6.88. The van der Waals surface area contributed by atoms with Crippen LogP contribution < -0.4 is 14.8 Å². The molecule has 1 saturated heterocycles. The van der Waals surface area contributed by atoms with Crippen molar-refractivity contribution in [3.05, 3.63) is 23.8 Å². The second-order valence-electron chi connectivity index (χ2n) is 5.09. The highest BCUT2D eigenvalue weighted by Crippen LogP contribution is 2.24. The van der Waals surface area contributed by atoms with Gasteiger partial charge in [0.2, 0.25) is 0 Å². The Labute approximate surface area is 128 Å². The Hall–Kier alpha value is -2.57. The van der Waals surface area contributed by atoms with Gasteiger partial charge in [-0.25, -0.2) is 4.79 Å². The average molecular weight is 305 g/mol. The molecule has 1 N–H and O–H groups in total. The Morgan fingerprint density at radius 1 is 1.32 bits per heavy atom. The summed E-state index contributed by atoms with van der Waals surface area (Å²) in [4.78, 5) is 24.1. The summed E-state index contributed by atoms with van der Waals surface area (Å²) in [5.41, 5.74) is -0.271. The highest BCUT2D eigenvalue weighted by atomic mass is 16.5. The van der Waals surface area contributed by atoms with Crippen LogP contribution in [0, 0.1) is 0 Å². The standard InChI is InChI=1S/C15H19N3O4/c1-5-15(2)13(19)18(14(20)17-15)16-9-10-6-7-11(21-3)8-12(10)22-4/h6-9H,5H2,1-4H3,(H,17,20). The van der Waals surface area contributed by atoms with Crippen LogP contribution in [0.3, 0.4) is 0 Å². The van der Waals surface area contributed by atoms with E-state index in [1.807, 2.05) is 6.92 Å². The molecule has 1 aromatic carbocycles. The van der Waals surface area contributed by atoms with E-state index >= 15 is 0 Å². The SMILES string of the molecule is CCC1(C)NC(=O)N(N=Cc2ccc(OC)cc2OC)C1=O. The number of methoxy groups -OCH3 is 2. The molecule has 7 nitrogen and oxygen atoms in total. The Balaban J connectivity index is 2.26. The lowest BCUT2D eigenvalue weighted by atomic mass is 10.00. The van der Waals surface area contributed by atoms with Crippen molar-refractivity contribution in [2.75, 3.05) is 14.2 Å². The van der Waals surface area contributed by atoms with Crippen molar-refractivity contribution < 1.29 is 19.1 Å². The van der Waals surface area contributed by atoms with Crippen LogP contribution in [0.1, 0.15) is 25.8 Å². The van der Waals surface area contributed by atoms with Gasteiger partial charge in [-0.15, -0.1) is 5.01 Å². The van der Waals surface area contributed by atoms with Crippen molar-refractivity contribution in [2.24, 2.45) is 5.10 Å². The van der Waals surface area contributed by atoms with Gasteiger partial charge in [0.05, 0.1) is 20.4 Å². The van der Waals surface area contributed by atoms with E-state index in [1.165, 1.54) is 13.3 Å². The summed E-state index contributed by atoms with van der Waals surface area (Å²) in [6, 6.07) is 4.64. The van der Waals surface area contributed by atoms with E-state index in [0.717, 1.165) is 5.01 Å². The Morgan fingerprint density at radius 3 is 2.59 bits per heavy atom. The maximum Gasteiger partial charge on any atom is 0.346 e. The molecule has 1 heterocycles. The van der Waals surface area contributed by atoms with Crippen molar-refractivity contribution in [3.8, 4) is 11.5 Å². The number of urea groups is 1. The fourth-order valence-electron chi connectivity index (χ4n) is 2.06. The molecule has 0 aromatic heterocycles. The van der Waals surface area contributed by atoms with Gasteiger partial charge < -0.3 is 14.8 Å². The lowest BCUT2D eigenvalue weighted by Gasteiger charge is -2.17. The smallest absolute Gasteiger partial charge is 0.346 e. The average Bonchev–Trinajstić information content (AvgIpc) is 2.75. The first-order valence-electron chi connectivity index (χ1n) is 6.88. The number of hydrazone groups is 1. The Bertz CT molecular complexity index is 629. The summed E-state index contributed by atoms with van der Waals surface area (Å²) in [5, 5.41) is 7.46. The van der Waals surface area contributed by atoms with Gasteiger partial charge in [-0.3, -0.25) is 4.79 Å². The number of nitrogens with one attached hydrogen (secondary N) is 1. The molecule has 1 atom stereocenters. The topological polar surface area (TPSA) is 80.2 Å². The predicted molar refractivity (Wildman–Crippen MR) is 81.2 cm³/mol. The van der Waals surface area contributed by atoms with E-state index in [2.05, 4.69) is 10.4 Å². The zero-order valence-corrected chi connectivity index (χ0v) is 13.0. The van der Waals surface area contributed by atoms with Gasteiger partial charge in [-0.05, 0) is 25.5 Å². The number of rotatable bonds is 5. The maximum atomic E-state index is 12.2. The molecule has 0 saturated carbocycles. The molecule has 3 amide bonds. The lowest BCUT2D eigenvalue weighted by molar-refractivity contribution is -0.130. The third-order valence-corrected chi connectivity index (χ3v) is 3.70. The van der Waals surface area contributed by atoms with Crippen LogP contribution in [-0.4, -0.2) is 42.9 Å². The van der Waals surface area contributed by atoms with Crippen LogP contribution >= 0.6 is 0 Å². The Kier molecular flexibility index (Phi) is 4.35. The molecule has 0 bridgehead atoms. The van der Waals surface area contributed by atoms with Crippen LogP contribution in [0.25, 0.3) is 0 Å². The molecule has 7 heteroatoms. The summed E-state index contributed by atoms with van der Waals surface area (Å²) < 4.78 is 10.4. The van der Waals surface area contributed by atoms with Gasteiger partial charge in [-0.1, -0.05) is 6.92 Å². The van der Waals surface area contributed by atoms with Gasteiger partial charge >= 0.3 is 6.03 Å². The number of benzene rings is 1. The van der Waals surface area contributed by atoms with Crippen LogP contribution in [0.2, 0.25) is 0 Å². The van der Waals surface area contributed by atoms with E-state index in [-0.39, 0.29) is 5.91 Å². The second kappa shape index (κ2) is 6.05. The summed E-state index contributed by atoms with van der Waals surface area (Å²) in [6.45, 7) is 3.51. The largest absolute Gasteiger partial charge is 0.497 e. The highest BCUT2D eigenvalue weighted by molar-refractivity contribution is 6.07. The van der Waals surface area contributed by atoms with Crippen LogP contribution in [0.15, 0.2) is 23.3 Å². The van der Waals surface area contributed by atoms with Gasteiger partial charge in [-0.2, -0.15) is 5.10 Å².